The van der Waals surface area contributed by atoms with E-state index in [1.165, 1.54) is 0 Å². The fourth-order valence-corrected chi connectivity index (χ4v) is 1.97. The van der Waals surface area contributed by atoms with Crippen LogP contribution in [0, 0.1) is 19.3 Å². The molecular weight excluding hydrogens is 222 g/mol. The smallest absolute Gasteiger partial charge is 0.181 e. The van der Waals surface area contributed by atoms with Crippen LogP contribution in [0.25, 0.3) is 10.9 Å². The Hall–Kier alpha value is -2.14. The molecule has 1 heterocycles. The van der Waals surface area contributed by atoms with Crippen LogP contribution in [-0.2, 0) is 0 Å². The minimum Gasteiger partial charge on any atom is -0.292 e. The van der Waals surface area contributed by atoms with E-state index in [1.807, 2.05) is 37.3 Å². The van der Waals surface area contributed by atoms with Crippen molar-refractivity contribution in [2.45, 2.75) is 26.2 Å². The van der Waals surface area contributed by atoms with Gasteiger partial charge in [-0.2, -0.15) is 0 Å². The lowest BCUT2D eigenvalue weighted by atomic mass is 10.1. The Labute approximate surface area is 107 Å². The van der Waals surface area contributed by atoms with Gasteiger partial charge in [0, 0.05) is 18.2 Å². The number of aromatic nitrogens is 1. The van der Waals surface area contributed by atoms with Crippen molar-refractivity contribution in [1.82, 2.24) is 4.98 Å². The molecule has 1 aromatic carbocycles. The lowest BCUT2D eigenvalue weighted by Gasteiger charge is -2.05. The van der Waals surface area contributed by atoms with Gasteiger partial charge in [0.25, 0.3) is 0 Å². The molecule has 0 saturated carbocycles. The maximum absolute atomic E-state index is 12.0. The molecule has 2 nitrogen and oxygen atoms in total. The number of terminal acetylenes is 1. The zero-order valence-corrected chi connectivity index (χ0v) is 10.4. The van der Waals surface area contributed by atoms with Crippen molar-refractivity contribution < 1.29 is 4.79 Å². The van der Waals surface area contributed by atoms with Crippen molar-refractivity contribution in [1.29, 1.82) is 0 Å². The quantitative estimate of drug-likeness (QED) is 0.462. The normalized spacial score (nSPS) is 10.2. The Bertz CT molecular complexity index is 623. The van der Waals surface area contributed by atoms with Gasteiger partial charge in [0.2, 0.25) is 0 Å². The van der Waals surface area contributed by atoms with Crippen LogP contribution in [-0.4, -0.2) is 10.8 Å². The van der Waals surface area contributed by atoms with E-state index in [9.17, 15) is 4.79 Å². The van der Waals surface area contributed by atoms with Gasteiger partial charge in [0.1, 0.15) is 5.69 Å². The summed E-state index contributed by atoms with van der Waals surface area (Å²) in [5.41, 5.74) is 2.50. The number of nitrogens with zero attached hydrogens (tertiary/aromatic N) is 1. The molecule has 0 aliphatic rings. The molecule has 0 fully saturated rings. The van der Waals surface area contributed by atoms with Gasteiger partial charge in [-0.1, -0.05) is 18.2 Å². The average molecular weight is 237 g/mol. The SMILES string of the molecule is C#CCCCC(=O)c1cc(C)c2ccccc2n1. The Morgan fingerprint density at radius 2 is 2.17 bits per heavy atom. The van der Waals surface area contributed by atoms with Crippen molar-refractivity contribution >= 4 is 16.7 Å². The molecule has 2 rings (SSSR count). The molecule has 2 aromatic rings. The topological polar surface area (TPSA) is 30.0 Å². The van der Waals surface area contributed by atoms with Crippen LogP contribution in [0.4, 0.5) is 0 Å². The third kappa shape index (κ3) is 2.57. The summed E-state index contributed by atoms with van der Waals surface area (Å²) in [5.74, 6) is 2.61. The van der Waals surface area contributed by atoms with E-state index in [4.69, 9.17) is 6.42 Å². The largest absolute Gasteiger partial charge is 0.292 e. The van der Waals surface area contributed by atoms with Crippen molar-refractivity contribution in [2.24, 2.45) is 0 Å². The molecule has 90 valence electrons. The highest BCUT2D eigenvalue weighted by atomic mass is 16.1. The van der Waals surface area contributed by atoms with Gasteiger partial charge >= 0.3 is 0 Å². The van der Waals surface area contributed by atoms with E-state index in [0.717, 1.165) is 22.9 Å². The highest BCUT2D eigenvalue weighted by Gasteiger charge is 2.09. The van der Waals surface area contributed by atoms with E-state index in [2.05, 4.69) is 10.9 Å². The molecule has 0 spiro atoms. The molecule has 0 unspecified atom stereocenters. The molecule has 2 heteroatoms. The molecule has 0 amide bonds. The first-order valence-electron chi connectivity index (χ1n) is 6.05. The summed E-state index contributed by atoms with van der Waals surface area (Å²) in [6, 6.07) is 9.72. The predicted octanol–water partition coefficient (Wildman–Crippen LogP) is 3.53. The molecule has 0 aliphatic carbocycles. The second-order valence-corrected chi connectivity index (χ2v) is 4.32. The third-order valence-electron chi connectivity index (χ3n) is 2.93. The van der Waals surface area contributed by atoms with Crippen LogP contribution in [0.2, 0.25) is 0 Å². The number of Topliss-reactive ketones (excluding diaryl/α,β-unsaturated/α-hetero) is 1. The van der Waals surface area contributed by atoms with Crippen molar-refractivity contribution in [3.05, 3.63) is 41.6 Å². The number of benzene rings is 1. The van der Waals surface area contributed by atoms with Gasteiger partial charge in [-0.25, -0.2) is 4.98 Å². The first-order chi connectivity index (χ1) is 8.72. The van der Waals surface area contributed by atoms with Crippen LogP contribution in [0.15, 0.2) is 30.3 Å². The molecule has 0 bridgehead atoms. The van der Waals surface area contributed by atoms with Crippen molar-refractivity contribution in [3.63, 3.8) is 0 Å². The van der Waals surface area contributed by atoms with E-state index in [0.29, 0.717) is 18.5 Å². The second kappa shape index (κ2) is 5.46. The fraction of sp³-hybridized carbons (Fsp3) is 0.250. The van der Waals surface area contributed by atoms with Gasteiger partial charge in [-0.05, 0) is 31.0 Å². The maximum Gasteiger partial charge on any atom is 0.181 e. The Balaban J connectivity index is 2.29. The Morgan fingerprint density at radius 3 is 2.94 bits per heavy atom. The molecular formula is C16H15NO. The van der Waals surface area contributed by atoms with Crippen LogP contribution in [0.1, 0.15) is 35.3 Å². The first kappa shape index (κ1) is 12.3. The summed E-state index contributed by atoms with van der Waals surface area (Å²) < 4.78 is 0. The molecule has 0 saturated heterocycles. The standard InChI is InChI=1S/C16H15NO/c1-3-4-5-10-16(18)15-11-12(2)13-8-6-7-9-14(13)17-15/h1,6-9,11H,4-5,10H2,2H3. The fourth-order valence-electron chi connectivity index (χ4n) is 1.97. The minimum atomic E-state index is 0.0686. The number of carbonyl (C=O) groups is 1. The molecule has 0 radical (unpaired) electrons. The maximum atomic E-state index is 12.0. The van der Waals surface area contributed by atoms with Crippen molar-refractivity contribution in [2.75, 3.05) is 0 Å². The third-order valence-corrected chi connectivity index (χ3v) is 2.93. The van der Waals surface area contributed by atoms with E-state index < -0.39 is 0 Å². The molecule has 18 heavy (non-hydrogen) atoms. The zero-order valence-electron chi connectivity index (χ0n) is 10.4. The van der Waals surface area contributed by atoms with Crippen LogP contribution in [0.3, 0.4) is 0 Å². The summed E-state index contributed by atoms with van der Waals surface area (Å²) in [6.45, 7) is 2.00. The lowest BCUT2D eigenvalue weighted by molar-refractivity contribution is 0.0976. The number of ketones is 1. The number of fused-ring (bicyclic) bond motifs is 1. The minimum absolute atomic E-state index is 0.0686. The highest BCUT2D eigenvalue weighted by Crippen LogP contribution is 2.18. The van der Waals surface area contributed by atoms with Gasteiger partial charge in [-0.3, -0.25) is 4.79 Å². The van der Waals surface area contributed by atoms with E-state index >= 15 is 0 Å². The molecule has 1 aromatic heterocycles. The number of pyridine rings is 1. The average Bonchev–Trinajstić information content (AvgIpc) is 2.39. The number of hydrogen-bond acceptors (Lipinski definition) is 2. The number of para-hydroxylation sites is 1. The molecule has 0 N–H and O–H groups in total. The zero-order chi connectivity index (χ0) is 13.0. The summed E-state index contributed by atoms with van der Waals surface area (Å²) in [4.78, 5) is 16.4. The van der Waals surface area contributed by atoms with Crippen LogP contribution < -0.4 is 0 Å². The first-order valence-corrected chi connectivity index (χ1v) is 6.05. The number of unbranched alkanes of at least 4 members (excludes halogenated alkanes) is 1. The van der Waals surface area contributed by atoms with E-state index in [1.54, 1.807) is 0 Å². The van der Waals surface area contributed by atoms with Gasteiger partial charge < -0.3 is 0 Å². The number of rotatable bonds is 4. The molecule has 0 aliphatic heterocycles. The van der Waals surface area contributed by atoms with Gasteiger partial charge in [0.15, 0.2) is 5.78 Å². The van der Waals surface area contributed by atoms with Gasteiger partial charge in [0.05, 0.1) is 5.52 Å². The summed E-state index contributed by atoms with van der Waals surface area (Å²) >= 11 is 0. The van der Waals surface area contributed by atoms with E-state index in [-0.39, 0.29) is 5.78 Å². The van der Waals surface area contributed by atoms with Crippen molar-refractivity contribution in [3.8, 4) is 12.3 Å². The number of aryl methyl sites for hydroxylation is 1. The number of carbonyl (C=O) groups excluding carboxylic acids is 1. The Morgan fingerprint density at radius 1 is 1.39 bits per heavy atom. The summed E-state index contributed by atoms with van der Waals surface area (Å²) in [6.07, 6.45) is 7.00. The summed E-state index contributed by atoms with van der Waals surface area (Å²) in [5, 5.41) is 1.10. The Kier molecular flexibility index (Phi) is 3.74. The summed E-state index contributed by atoms with van der Waals surface area (Å²) in [7, 11) is 0. The number of hydrogen-bond donors (Lipinski definition) is 0. The predicted molar refractivity (Wildman–Crippen MR) is 73.5 cm³/mol. The lowest BCUT2D eigenvalue weighted by Crippen LogP contribution is -2.03. The second-order valence-electron chi connectivity index (χ2n) is 4.32. The van der Waals surface area contributed by atoms with Crippen LogP contribution >= 0.6 is 0 Å². The van der Waals surface area contributed by atoms with Crippen LogP contribution in [0.5, 0.6) is 0 Å². The highest BCUT2D eigenvalue weighted by molar-refractivity contribution is 5.97. The molecule has 0 atom stereocenters. The monoisotopic (exact) mass is 237 g/mol. The van der Waals surface area contributed by atoms with Gasteiger partial charge in [-0.15, -0.1) is 12.3 Å².